The maximum atomic E-state index is 14.0. The van der Waals surface area contributed by atoms with Crippen LogP contribution in [-0.4, -0.2) is 27.3 Å². The number of carbonyl (C=O) groups excluding carboxylic acids is 1. The van der Waals surface area contributed by atoms with Crippen LogP contribution < -0.4 is 5.32 Å². The van der Waals surface area contributed by atoms with Crippen molar-refractivity contribution in [3.8, 4) is 22.0 Å². The number of thiazole rings is 1. The molecule has 2 heterocycles. The highest BCUT2D eigenvalue weighted by Crippen LogP contribution is 2.35. The van der Waals surface area contributed by atoms with Crippen molar-refractivity contribution in [2.75, 3.05) is 5.32 Å². The number of nitrogens with one attached hydrogen (secondary N) is 1. The molecule has 8 nitrogen and oxygen atoms in total. The maximum absolute atomic E-state index is 14.0. The molecule has 10 heteroatoms. The van der Waals surface area contributed by atoms with E-state index in [4.69, 9.17) is 14.4 Å². The molecule has 4 aromatic rings. The Balaban J connectivity index is 1.50. The van der Waals surface area contributed by atoms with E-state index in [0.29, 0.717) is 27.6 Å². The fourth-order valence-electron chi connectivity index (χ4n) is 3.30. The molecule has 4 rings (SSSR count). The third kappa shape index (κ3) is 5.12. The lowest BCUT2D eigenvalue weighted by Crippen LogP contribution is -2.17. The lowest BCUT2D eigenvalue weighted by molar-refractivity contribution is -0.136. The van der Waals surface area contributed by atoms with Gasteiger partial charge in [0.15, 0.2) is 0 Å². The van der Waals surface area contributed by atoms with Crippen molar-refractivity contribution in [3.05, 3.63) is 76.5 Å². The second kappa shape index (κ2) is 9.84. The zero-order chi connectivity index (χ0) is 24.2. The van der Waals surface area contributed by atoms with Crippen LogP contribution >= 0.6 is 11.3 Å². The summed E-state index contributed by atoms with van der Waals surface area (Å²) in [6, 6.07) is 13.2. The summed E-state index contributed by atoms with van der Waals surface area (Å²) in [5.41, 5.74) is 2.96. The molecular weight excluding hydrogens is 461 g/mol. The van der Waals surface area contributed by atoms with Crippen LogP contribution in [0.3, 0.4) is 0 Å². The van der Waals surface area contributed by atoms with Crippen molar-refractivity contribution in [2.45, 2.75) is 26.4 Å². The molecule has 1 atom stereocenters. The SMILES string of the molecule is Cc1noc(-c2csc(-c3ccc(CC(=O)O)cc3)n2)c1NC(=O)O[C@H](C)c1ccccc1F. The zero-order valence-corrected chi connectivity index (χ0v) is 19.1. The van der Waals surface area contributed by atoms with Crippen LogP contribution in [-0.2, 0) is 16.0 Å². The van der Waals surface area contributed by atoms with Crippen molar-refractivity contribution in [2.24, 2.45) is 0 Å². The van der Waals surface area contributed by atoms with Crippen LogP contribution in [0.2, 0.25) is 0 Å². The minimum atomic E-state index is -0.896. The molecule has 2 N–H and O–H groups in total. The molecule has 1 amide bonds. The smallest absolute Gasteiger partial charge is 0.412 e. The van der Waals surface area contributed by atoms with Crippen molar-refractivity contribution < 1.29 is 28.3 Å². The Morgan fingerprint density at radius 2 is 1.94 bits per heavy atom. The average molecular weight is 482 g/mol. The normalized spacial score (nSPS) is 11.7. The summed E-state index contributed by atoms with van der Waals surface area (Å²) in [6.45, 7) is 3.24. The molecule has 0 bridgehead atoms. The van der Waals surface area contributed by atoms with E-state index in [1.807, 2.05) is 0 Å². The first-order valence-corrected chi connectivity index (χ1v) is 11.1. The Morgan fingerprint density at radius 3 is 2.65 bits per heavy atom. The number of nitrogens with zero attached hydrogens (tertiary/aromatic N) is 2. The molecule has 0 saturated heterocycles. The number of carboxylic acids is 1. The number of halogens is 1. The highest BCUT2D eigenvalue weighted by atomic mass is 32.1. The lowest BCUT2D eigenvalue weighted by atomic mass is 10.1. The highest BCUT2D eigenvalue weighted by molar-refractivity contribution is 7.13. The number of amides is 1. The molecule has 2 aromatic carbocycles. The van der Waals surface area contributed by atoms with Crippen LogP contribution in [0.25, 0.3) is 22.0 Å². The molecule has 0 radical (unpaired) electrons. The third-order valence-corrected chi connectivity index (χ3v) is 5.90. The van der Waals surface area contributed by atoms with E-state index < -0.39 is 24.0 Å². The van der Waals surface area contributed by atoms with E-state index in [1.165, 1.54) is 17.4 Å². The number of anilines is 1. The number of aromatic nitrogens is 2. The van der Waals surface area contributed by atoms with Gasteiger partial charge in [0.1, 0.15) is 34.0 Å². The number of carbonyl (C=O) groups is 2. The van der Waals surface area contributed by atoms with Crippen LogP contribution in [0.4, 0.5) is 14.9 Å². The summed E-state index contributed by atoms with van der Waals surface area (Å²) in [5.74, 6) is -1.10. The molecule has 0 unspecified atom stereocenters. The second-order valence-electron chi connectivity index (χ2n) is 7.47. The van der Waals surface area contributed by atoms with E-state index in [1.54, 1.807) is 61.7 Å². The van der Waals surface area contributed by atoms with Gasteiger partial charge in [-0.15, -0.1) is 11.3 Å². The Kier molecular flexibility index (Phi) is 6.69. The van der Waals surface area contributed by atoms with Gasteiger partial charge in [-0.3, -0.25) is 10.1 Å². The Labute approximate surface area is 198 Å². The van der Waals surface area contributed by atoms with Gasteiger partial charge < -0.3 is 14.4 Å². The van der Waals surface area contributed by atoms with E-state index >= 15 is 0 Å². The molecule has 0 aliphatic carbocycles. The molecule has 0 aliphatic heterocycles. The van der Waals surface area contributed by atoms with Crippen LogP contribution in [0.15, 0.2) is 58.4 Å². The van der Waals surface area contributed by atoms with Crippen molar-refractivity contribution in [1.82, 2.24) is 10.1 Å². The first-order valence-electron chi connectivity index (χ1n) is 10.3. The highest BCUT2D eigenvalue weighted by Gasteiger charge is 2.22. The maximum Gasteiger partial charge on any atom is 0.412 e. The van der Waals surface area contributed by atoms with Gasteiger partial charge in [-0.2, -0.15) is 0 Å². The number of hydrogen-bond donors (Lipinski definition) is 2. The van der Waals surface area contributed by atoms with Crippen molar-refractivity contribution >= 4 is 29.1 Å². The number of rotatable bonds is 7. The van der Waals surface area contributed by atoms with Gasteiger partial charge in [0, 0.05) is 16.5 Å². The summed E-state index contributed by atoms with van der Waals surface area (Å²) in [5, 5.41) is 17.9. The monoisotopic (exact) mass is 481 g/mol. The summed E-state index contributed by atoms with van der Waals surface area (Å²) >= 11 is 1.36. The van der Waals surface area contributed by atoms with Gasteiger partial charge in [0.2, 0.25) is 5.76 Å². The fourth-order valence-corrected chi connectivity index (χ4v) is 4.11. The van der Waals surface area contributed by atoms with E-state index in [9.17, 15) is 14.0 Å². The van der Waals surface area contributed by atoms with Gasteiger partial charge in [0.25, 0.3) is 0 Å². The van der Waals surface area contributed by atoms with Gasteiger partial charge in [-0.05, 0) is 25.5 Å². The van der Waals surface area contributed by atoms with Crippen LogP contribution in [0.5, 0.6) is 0 Å². The third-order valence-electron chi connectivity index (χ3n) is 5.01. The minimum Gasteiger partial charge on any atom is -0.481 e. The standard InChI is InChI=1S/C24H20FN3O5S/c1-13-21(27-24(31)32-14(2)17-5-3-4-6-18(17)25)22(33-28-13)19-12-34-23(26-19)16-9-7-15(8-10-16)11-20(29)30/h3-10,12,14H,11H2,1-2H3,(H,27,31)(H,29,30)/t14-/m1/s1. The fraction of sp³-hybridized carbons (Fsp3) is 0.167. The average Bonchev–Trinajstić information content (AvgIpc) is 3.41. The number of aliphatic carboxylic acids is 1. The van der Waals surface area contributed by atoms with E-state index in [-0.39, 0.29) is 17.7 Å². The molecular formula is C24H20FN3O5S. The summed E-state index contributed by atoms with van der Waals surface area (Å²) in [7, 11) is 0. The topological polar surface area (TPSA) is 115 Å². The van der Waals surface area contributed by atoms with E-state index in [2.05, 4.69) is 15.5 Å². The van der Waals surface area contributed by atoms with Crippen molar-refractivity contribution in [3.63, 3.8) is 0 Å². The Morgan fingerprint density at radius 1 is 1.21 bits per heavy atom. The second-order valence-corrected chi connectivity index (χ2v) is 8.33. The molecule has 0 aliphatic rings. The number of benzene rings is 2. The van der Waals surface area contributed by atoms with Crippen LogP contribution in [0.1, 0.15) is 29.8 Å². The molecule has 0 spiro atoms. The predicted molar refractivity (Wildman–Crippen MR) is 124 cm³/mol. The van der Waals surface area contributed by atoms with E-state index in [0.717, 1.165) is 5.56 Å². The largest absolute Gasteiger partial charge is 0.481 e. The minimum absolute atomic E-state index is 0.0542. The first-order chi connectivity index (χ1) is 16.3. The Hall–Kier alpha value is -4.05. The van der Waals surface area contributed by atoms with Gasteiger partial charge in [-0.1, -0.05) is 47.6 Å². The molecule has 0 saturated carbocycles. The molecule has 0 fully saturated rings. The summed E-state index contributed by atoms with van der Waals surface area (Å²) in [4.78, 5) is 27.9. The van der Waals surface area contributed by atoms with Crippen LogP contribution in [0, 0.1) is 12.7 Å². The Bertz CT molecular complexity index is 1330. The summed E-state index contributed by atoms with van der Waals surface area (Å²) < 4.78 is 24.7. The molecule has 174 valence electrons. The number of ether oxygens (including phenoxy) is 1. The van der Waals surface area contributed by atoms with Gasteiger partial charge >= 0.3 is 12.1 Å². The quantitative estimate of drug-likeness (QED) is 0.340. The van der Waals surface area contributed by atoms with Gasteiger partial charge in [0.05, 0.1) is 6.42 Å². The zero-order valence-electron chi connectivity index (χ0n) is 18.2. The lowest BCUT2D eigenvalue weighted by Gasteiger charge is -2.14. The van der Waals surface area contributed by atoms with Gasteiger partial charge in [-0.25, -0.2) is 14.2 Å². The molecule has 34 heavy (non-hydrogen) atoms. The number of carboxylic acid groups (broad SMARTS) is 1. The van der Waals surface area contributed by atoms with Crippen molar-refractivity contribution in [1.29, 1.82) is 0 Å². The first kappa shape index (κ1) is 23.1. The summed E-state index contributed by atoms with van der Waals surface area (Å²) in [6.07, 6.45) is -1.64. The molecule has 2 aromatic heterocycles. The predicted octanol–water partition coefficient (Wildman–Crippen LogP) is 5.85. The number of hydrogen-bond acceptors (Lipinski definition) is 7. The number of aryl methyl sites for hydroxylation is 1.